The maximum absolute atomic E-state index is 13.3. The van der Waals surface area contributed by atoms with E-state index < -0.39 is 11.9 Å². The van der Waals surface area contributed by atoms with Crippen LogP contribution in [0, 0.1) is 0 Å². The van der Waals surface area contributed by atoms with E-state index in [1.54, 1.807) is 16.7 Å². The fraction of sp³-hybridized carbons (Fsp3) is 0.300. The second kappa shape index (κ2) is 5.81. The third-order valence-corrected chi connectivity index (χ3v) is 5.41. The zero-order chi connectivity index (χ0) is 17.8. The highest BCUT2D eigenvalue weighted by atomic mass is 35.5. The highest BCUT2D eigenvalue weighted by molar-refractivity contribution is 6.32. The Kier molecular flexibility index (Phi) is 3.54. The predicted octanol–water partition coefficient (Wildman–Crippen LogP) is 4.44. The van der Waals surface area contributed by atoms with Gasteiger partial charge in [-0.3, -0.25) is 4.57 Å². The molecule has 2 atom stereocenters. The van der Waals surface area contributed by atoms with E-state index in [0.717, 1.165) is 10.9 Å². The molecule has 0 aliphatic heterocycles. The topological polar surface area (TPSA) is 46.9 Å². The summed E-state index contributed by atoms with van der Waals surface area (Å²) < 4.78 is 14.9. The molecule has 0 unspecified atom stereocenters. The van der Waals surface area contributed by atoms with Gasteiger partial charge in [0.25, 0.3) is 0 Å². The molecule has 132 valence electrons. The summed E-state index contributed by atoms with van der Waals surface area (Å²) in [7, 11) is 0. The Labute approximate surface area is 154 Å². The van der Waals surface area contributed by atoms with Crippen molar-refractivity contribution < 1.29 is 4.39 Å². The number of hydrogen-bond acceptors (Lipinski definition) is 3. The molecule has 2 aliphatic carbocycles. The molecule has 0 radical (unpaired) electrons. The Bertz CT molecular complexity index is 1080. The van der Waals surface area contributed by atoms with Gasteiger partial charge in [-0.2, -0.15) is 4.98 Å². The first-order valence-electron chi connectivity index (χ1n) is 8.84. The molecule has 2 aromatic carbocycles. The van der Waals surface area contributed by atoms with Crippen LogP contribution in [0.3, 0.4) is 0 Å². The van der Waals surface area contributed by atoms with Crippen LogP contribution in [-0.2, 0) is 0 Å². The smallest absolute Gasteiger partial charge is 0.354 e. The zero-order valence-electron chi connectivity index (χ0n) is 14.0. The van der Waals surface area contributed by atoms with E-state index in [2.05, 4.69) is 16.4 Å². The summed E-state index contributed by atoms with van der Waals surface area (Å²) in [5.41, 5.74) is 2.15. The number of aromatic nitrogens is 2. The second-order valence-electron chi connectivity index (χ2n) is 7.08. The van der Waals surface area contributed by atoms with Crippen LogP contribution in [0.4, 0.5) is 10.2 Å². The lowest BCUT2D eigenvalue weighted by Crippen LogP contribution is -2.24. The normalized spacial score (nSPS) is 21.8. The third kappa shape index (κ3) is 2.67. The lowest BCUT2D eigenvalue weighted by atomic mass is 10.1. The number of nitrogens with zero attached hydrogens (tertiary/aromatic N) is 2. The first kappa shape index (κ1) is 15.8. The fourth-order valence-electron chi connectivity index (χ4n) is 3.38. The Morgan fingerprint density at radius 3 is 2.65 bits per heavy atom. The van der Waals surface area contributed by atoms with E-state index in [-0.39, 0.29) is 6.04 Å². The molecule has 3 aromatic rings. The van der Waals surface area contributed by atoms with Gasteiger partial charge in [0.2, 0.25) is 0 Å². The minimum absolute atomic E-state index is 0.260. The van der Waals surface area contributed by atoms with Crippen molar-refractivity contribution >= 4 is 28.3 Å². The van der Waals surface area contributed by atoms with Gasteiger partial charge in [-0.1, -0.05) is 29.8 Å². The molecule has 0 bridgehead atoms. The molecule has 0 saturated heterocycles. The molecule has 6 heteroatoms. The number of fused-ring (bicyclic) bond motifs is 1. The first-order valence-corrected chi connectivity index (χ1v) is 9.22. The minimum Gasteiger partial charge on any atom is -0.364 e. The monoisotopic (exact) mass is 369 g/mol. The van der Waals surface area contributed by atoms with Gasteiger partial charge in [0.1, 0.15) is 12.0 Å². The minimum atomic E-state index is -0.872. The molecule has 5 rings (SSSR count). The number of hydrogen-bond donors (Lipinski definition) is 1. The maximum Gasteiger partial charge on any atom is 0.354 e. The number of para-hydroxylation sites is 1. The van der Waals surface area contributed by atoms with Crippen molar-refractivity contribution in [2.45, 2.75) is 37.4 Å². The van der Waals surface area contributed by atoms with E-state index in [9.17, 15) is 9.18 Å². The number of halogens is 2. The van der Waals surface area contributed by atoms with Crippen molar-refractivity contribution in [1.29, 1.82) is 0 Å². The van der Waals surface area contributed by atoms with Crippen LogP contribution in [0.1, 0.15) is 30.7 Å². The molecule has 4 nitrogen and oxygen atoms in total. The molecule has 1 aromatic heterocycles. The van der Waals surface area contributed by atoms with Gasteiger partial charge in [0.15, 0.2) is 0 Å². The van der Waals surface area contributed by atoms with Crippen molar-refractivity contribution in [1.82, 2.24) is 9.55 Å². The Hall–Kier alpha value is -2.40. The van der Waals surface area contributed by atoms with E-state index in [0.29, 0.717) is 28.9 Å². The lowest BCUT2D eigenvalue weighted by Gasteiger charge is -2.15. The van der Waals surface area contributed by atoms with Crippen molar-refractivity contribution in [3.8, 4) is 5.69 Å². The molecule has 0 spiro atoms. The van der Waals surface area contributed by atoms with Gasteiger partial charge in [0.05, 0.1) is 22.3 Å². The summed E-state index contributed by atoms with van der Waals surface area (Å²) in [5, 5.41) is 4.36. The van der Waals surface area contributed by atoms with Crippen LogP contribution in [0.15, 0.2) is 47.3 Å². The predicted molar refractivity (Wildman–Crippen MR) is 101 cm³/mol. The lowest BCUT2D eigenvalue weighted by molar-refractivity contribution is 0.472. The number of nitrogens with one attached hydrogen (secondary N) is 1. The molecule has 2 aliphatic rings. The van der Waals surface area contributed by atoms with Crippen LogP contribution >= 0.6 is 11.6 Å². The van der Waals surface area contributed by atoms with E-state index >= 15 is 0 Å². The fourth-order valence-corrected chi connectivity index (χ4v) is 3.60. The van der Waals surface area contributed by atoms with Crippen LogP contribution in [-0.4, -0.2) is 21.8 Å². The van der Waals surface area contributed by atoms with Gasteiger partial charge in [-0.25, -0.2) is 9.18 Å². The van der Waals surface area contributed by atoms with E-state index in [4.69, 9.17) is 11.6 Å². The van der Waals surface area contributed by atoms with Crippen molar-refractivity contribution in [2.24, 2.45) is 0 Å². The van der Waals surface area contributed by atoms with Gasteiger partial charge in [0, 0.05) is 11.8 Å². The SMILES string of the molecule is O=c1nc(N[C@@H]2C[C@@H]2F)c2ccc(C3CC3)cc2n1-c1ccccc1Cl. The number of anilines is 1. The van der Waals surface area contributed by atoms with Gasteiger partial charge in [-0.05, 0) is 48.6 Å². The molecular formula is C20H17ClFN3O. The van der Waals surface area contributed by atoms with Crippen LogP contribution < -0.4 is 11.0 Å². The van der Waals surface area contributed by atoms with Gasteiger partial charge in [-0.15, -0.1) is 0 Å². The molecule has 2 fully saturated rings. The van der Waals surface area contributed by atoms with Crippen LogP contribution in [0.5, 0.6) is 0 Å². The summed E-state index contributed by atoms with van der Waals surface area (Å²) in [6, 6.07) is 13.1. The molecule has 1 heterocycles. The number of benzene rings is 2. The second-order valence-corrected chi connectivity index (χ2v) is 7.49. The quantitative estimate of drug-likeness (QED) is 0.739. The number of rotatable bonds is 4. The first-order chi connectivity index (χ1) is 12.6. The molecule has 0 amide bonds. The average molecular weight is 370 g/mol. The van der Waals surface area contributed by atoms with Crippen LogP contribution in [0.2, 0.25) is 5.02 Å². The number of alkyl halides is 1. The highest BCUT2D eigenvalue weighted by Crippen LogP contribution is 2.41. The molecule has 26 heavy (non-hydrogen) atoms. The summed E-state index contributed by atoms with van der Waals surface area (Å²) in [6.07, 6.45) is 1.92. The zero-order valence-corrected chi connectivity index (χ0v) is 14.7. The summed E-state index contributed by atoms with van der Waals surface area (Å²) in [5.74, 6) is 0.998. The largest absolute Gasteiger partial charge is 0.364 e. The standard InChI is InChI=1S/C20H17ClFN3O/c21-14-3-1-2-4-17(14)25-18-9-12(11-5-6-11)7-8-13(18)19(24-20(25)26)23-16-10-15(16)22/h1-4,7-9,11,15-16H,5-6,10H2,(H,23,24,26)/t15-,16+/m0/s1. The van der Waals surface area contributed by atoms with Crippen LogP contribution in [0.25, 0.3) is 16.6 Å². The van der Waals surface area contributed by atoms with Crippen molar-refractivity contribution in [3.05, 3.63) is 63.5 Å². The third-order valence-electron chi connectivity index (χ3n) is 5.09. The van der Waals surface area contributed by atoms with Gasteiger partial charge < -0.3 is 5.32 Å². The molecular weight excluding hydrogens is 353 g/mol. The van der Waals surface area contributed by atoms with E-state index in [1.807, 2.05) is 24.3 Å². The molecule has 1 N–H and O–H groups in total. The summed E-state index contributed by atoms with van der Waals surface area (Å²) in [4.78, 5) is 17.0. The summed E-state index contributed by atoms with van der Waals surface area (Å²) in [6.45, 7) is 0. The Morgan fingerprint density at radius 2 is 1.96 bits per heavy atom. The summed E-state index contributed by atoms with van der Waals surface area (Å²) >= 11 is 6.35. The van der Waals surface area contributed by atoms with Gasteiger partial charge >= 0.3 is 5.69 Å². The maximum atomic E-state index is 13.3. The highest BCUT2D eigenvalue weighted by Gasteiger charge is 2.38. The Morgan fingerprint density at radius 1 is 1.19 bits per heavy atom. The average Bonchev–Trinajstić information content (AvgIpc) is 3.54. The molecule has 2 saturated carbocycles. The van der Waals surface area contributed by atoms with E-state index in [1.165, 1.54) is 18.4 Å². The Balaban J connectivity index is 1.76. The van der Waals surface area contributed by atoms with Crippen molar-refractivity contribution in [3.63, 3.8) is 0 Å². The van der Waals surface area contributed by atoms with Crippen molar-refractivity contribution in [2.75, 3.05) is 5.32 Å².